The second-order valence-electron chi connectivity index (χ2n) is 4.98. The lowest BCUT2D eigenvalue weighted by atomic mass is 10.2. The van der Waals surface area contributed by atoms with Crippen LogP contribution in [0.3, 0.4) is 0 Å². The fourth-order valence-electron chi connectivity index (χ4n) is 1.97. The van der Waals surface area contributed by atoms with Crippen molar-refractivity contribution in [3.63, 3.8) is 0 Å². The largest absolute Gasteiger partial charge is 0.352 e. The summed E-state index contributed by atoms with van der Waals surface area (Å²) < 4.78 is 0. The lowest BCUT2D eigenvalue weighted by Gasteiger charge is -2.06. The van der Waals surface area contributed by atoms with Gasteiger partial charge in [0.1, 0.15) is 11.1 Å². The van der Waals surface area contributed by atoms with Crippen molar-refractivity contribution in [1.82, 2.24) is 5.32 Å². The van der Waals surface area contributed by atoms with Crippen LogP contribution in [0.4, 0.5) is 5.00 Å². The normalized spacial score (nSPS) is 10.0. The quantitative estimate of drug-likeness (QED) is 0.824. The van der Waals surface area contributed by atoms with Crippen LogP contribution in [0, 0.1) is 11.3 Å². The molecule has 0 saturated heterocycles. The summed E-state index contributed by atoms with van der Waals surface area (Å²) in [6, 6.07) is 10.4. The number of rotatable bonds is 6. The highest BCUT2D eigenvalue weighted by Crippen LogP contribution is 2.27. The first-order valence-corrected chi connectivity index (χ1v) is 8.59. The average molecular weight is 362 g/mol. The third-order valence-corrected chi connectivity index (χ3v) is 4.70. The van der Waals surface area contributed by atoms with E-state index in [0.717, 1.165) is 11.3 Å². The Hall–Kier alpha value is -2.36. The number of carbonyl (C=O) groups excluding carboxylic acids is 2. The molecule has 0 fully saturated rings. The van der Waals surface area contributed by atoms with Crippen LogP contribution >= 0.6 is 22.9 Å². The van der Waals surface area contributed by atoms with Gasteiger partial charge in [0, 0.05) is 28.4 Å². The molecule has 0 unspecified atom stereocenters. The van der Waals surface area contributed by atoms with Crippen molar-refractivity contribution in [3.8, 4) is 6.07 Å². The number of hydrogen-bond donors (Lipinski definition) is 2. The molecule has 0 aliphatic rings. The molecule has 0 aliphatic carbocycles. The van der Waals surface area contributed by atoms with Gasteiger partial charge in [-0.15, -0.1) is 11.3 Å². The molecule has 0 radical (unpaired) electrons. The summed E-state index contributed by atoms with van der Waals surface area (Å²) in [6.45, 7) is 2.20. The van der Waals surface area contributed by atoms with Crippen LogP contribution in [0.1, 0.15) is 34.1 Å². The zero-order chi connectivity index (χ0) is 17.5. The first kappa shape index (κ1) is 18.0. The van der Waals surface area contributed by atoms with Gasteiger partial charge in [-0.25, -0.2) is 0 Å². The minimum Gasteiger partial charge on any atom is -0.352 e. The summed E-state index contributed by atoms with van der Waals surface area (Å²) in [5, 5.41) is 15.6. The fourth-order valence-corrected chi connectivity index (χ4v) is 3.06. The van der Waals surface area contributed by atoms with Crippen molar-refractivity contribution >= 4 is 39.8 Å². The van der Waals surface area contributed by atoms with Crippen LogP contribution in [-0.4, -0.2) is 18.4 Å². The van der Waals surface area contributed by atoms with Crippen LogP contribution in [0.25, 0.3) is 0 Å². The van der Waals surface area contributed by atoms with Gasteiger partial charge in [0.2, 0.25) is 5.91 Å². The molecule has 0 spiro atoms. The highest BCUT2D eigenvalue weighted by atomic mass is 35.5. The van der Waals surface area contributed by atoms with Crippen molar-refractivity contribution in [3.05, 3.63) is 51.4 Å². The Labute approximate surface area is 149 Å². The van der Waals surface area contributed by atoms with Gasteiger partial charge >= 0.3 is 0 Å². The molecule has 2 aromatic rings. The van der Waals surface area contributed by atoms with E-state index in [-0.39, 0.29) is 24.8 Å². The minimum absolute atomic E-state index is 0.129. The van der Waals surface area contributed by atoms with Gasteiger partial charge in [0.05, 0.1) is 5.56 Å². The van der Waals surface area contributed by atoms with Gasteiger partial charge in [0.25, 0.3) is 5.91 Å². The highest BCUT2D eigenvalue weighted by Gasteiger charge is 2.12. The Morgan fingerprint density at radius 1 is 1.29 bits per heavy atom. The Morgan fingerprint density at radius 3 is 2.62 bits per heavy atom. The number of anilines is 1. The standard InChI is InChI=1S/C17H16ClN3O2S/c1-2-14-9-12(10-19)17(24-14)21-15(22)7-8-20-16(23)11-3-5-13(18)6-4-11/h3-6,9H,2,7-8H2,1H3,(H,20,23)(H,21,22). The van der Waals surface area contributed by atoms with E-state index in [2.05, 4.69) is 16.7 Å². The number of amides is 2. The minimum atomic E-state index is -0.262. The lowest BCUT2D eigenvalue weighted by Crippen LogP contribution is -2.27. The molecule has 124 valence electrons. The number of hydrogen-bond acceptors (Lipinski definition) is 4. The molecular weight excluding hydrogens is 346 g/mol. The summed E-state index contributed by atoms with van der Waals surface area (Å²) in [4.78, 5) is 24.9. The maximum Gasteiger partial charge on any atom is 0.251 e. The van der Waals surface area contributed by atoms with Crippen molar-refractivity contribution in [2.24, 2.45) is 0 Å². The van der Waals surface area contributed by atoms with E-state index in [1.807, 2.05) is 6.92 Å². The van der Waals surface area contributed by atoms with E-state index >= 15 is 0 Å². The predicted octanol–water partition coefficient (Wildman–Crippen LogP) is 3.59. The van der Waals surface area contributed by atoms with Crippen LogP contribution < -0.4 is 10.6 Å². The number of nitrogens with one attached hydrogen (secondary N) is 2. The van der Waals surface area contributed by atoms with Crippen molar-refractivity contribution < 1.29 is 9.59 Å². The van der Waals surface area contributed by atoms with E-state index < -0.39 is 0 Å². The summed E-state index contributed by atoms with van der Waals surface area (Å²) in [7, 11) is 0. The third-order valence-electron chi connectivity index (χ3n) is 3.25. The van der Waals surface area contributed by atoms with Crippen molar-refractivity contribution in [2.75, 3.05) is 11.9 Å². The second kappa shape index (κ2) is 8.48. The monoisotopic (exact) mass is 361 g/mol. The first-order valence-electron chi connectivity index (χ1n) is 7.40. The van der Waals surface area contributed by atoms with E-state index in [9.17, 15) is 9.59 Å². The number of halogens is 1. The molecule has 0 aliphatic heterocycles. The lowest BCUT2D eigenvalue weighted by molar-refractivity contribution is -0.116. The van der Waals surface area contributed by atoms with E-state index in [0.29, 0.717) is 21.2 Å². The van der Waals surface area contributed by atoms with Gasteiger partial charge < -0.3 is 10.6 Å². The number of nitriles is 1. The molecule has 0 saturated carbocycles. The van der Waals surface area contributed by atoms with Crippen LogP contribution in [0.5, 0.6) is 0 Å². The molecule has 7 heteroatoms. The average Bonchev–Trinajstić information content (AvgIpc) is 2.97. The smallest absolute Gasteiger partial charge is 0.251 e. The predicted molar refractivity (Wildman–Crippen MR) is 95.4 cm³/mol. The van der Waals surface area contributed by atoms with E-state index in [1.165, 1.54) is 11.3 Å². The zero-order valence-electron chi connectivity index (χ0n) is 13.1. The van der Waals surface area contributed by atoms with Crippen LogP contribution in [0.2, 0.25) is 5.02 Å². The van der Waals surface area contributed by atoms with Crippen LogP contribution in [0.15, 0.2) is 30.3 Å². The summed E-state index contributed by atoms with van der Waals surface area (Å²) in [5.74, 6) is -0.506. The van der Waals surface area contributed by atoms with Gasteiger partial charge in [-0.1, -0.05) is 18.5 Å². The molecule has 1 heterocycles. The Bertz CT molecular complexity index is 778. The summed E-state index contributed by atoms with van der Waals surface area (Å²) in [5.41, 5.74) is 0.952. The van der Waals surface area contributed by atoms with Crippen LogP contribution in [-0.2, 0) is 11.2 Å². The number of aryl methyl sites for hydroxylation is 1. The van der Waals surface area contributed by atoms with Crippen molar-refractivity contribution in [1.29, 1.82) is 5.26 Å². The third kappa shape index (κ3) is 4.82. The zero-order valence-corrected chi connectivity index (χ0v) is 14.6. The Morgan fingerprint density at radius 2 is 2.00 bits per heavy atom. The van der Waals surface area contributed by atoms with E-state index in [1.54, 1.807) is 30.3 Å². The molecule has 2 rings (SSSR count). The van der Waals surface area contributed by atoms with Crippen molar-refractivity contribution in [2.45, 2.75) is 19.8 Å². The highest BCUT2D eigenvalue weighted by molar-refractivity contribution is 7.16. The number of nitrogens with zero attached hydrogens (tertiary/aromatic N) is 1. The maximum absolute atomic E-state index is 12.0. The second-order valence-corrected chi connectivity index (χ2v) is 6.56. The number of thiophene rings is 1. The SMILES string of the molecule is CCc1cc(C#N)c(NC(=O)CCNC(=O)c2ccc(Cl)cc2)s1. The molecule has 0 bridgehead atoms. The fraction of sp³-hybridized carbons (Fsp3) is 0.235. The molecule has 2 amide bonds. The van der Waals surface area contributed by atoms with Gasteiger partial charge in [0.15, 0.2) is 0 Å². The molecule has 24 heavy (non-hydrogen) atoms. The Kier molecular flexibility index (Phi) is 6.36. The topological polar surface area (TPSA) is 82.0 Å². The molecule has 2 N–H and O–H groups in total. The molecule has 0 atom stereocenters. The molecule has 1 aromatic heterocycles. The maximum atomic E-state index is 12.0. The van der Waals surface area contributed by atoms with Gasteiger partial charge in [-0.2, -0.15) is 5.26 Å². The molecular formula is C17H16ClN3O2S. The molecule has 1 aromatic carbocycles. The number of carbonyl (C=O) groups is 2. The number of benzene rings is 1. The summed E-state index contributed by atoms with van der Waals surface area (Å²) in [6.07, 6.45) is 0.940. The van der Waals surface area contributed by atoms with E-state index in [4.69, 9.17) is 16.9 Å². The molecule has 5 nitrogen and oxygen atoms in total. The van der Waals surface area contributed by atoms with Gasteiger partial charge in [-0.3, -0.25) is 9.59 Å². The van der Waals surface area contributed by atoms with Gasteiger partial charge in [-0.05, 0) is 36.8 Å². The summed E-state index contributed by atoms with van der Waals surface area (Å²) >= 11 is 7.17. The first-order chi connectivity index (χ1) is 11.5. The Balaban J connectivity index is 1.83.